The molecule has 30 heavy (non-hydrogen) atoms. The normalized spacial score (nSPS) is 14.3. The van der Waals surface area contributed by atoms with Gasteiger partial charge in [0.25, 0.3) is 5.91 Å². The molecular weight excluding hydrogens is 370 g/mol. The van der Waals surface area contributed by atoms with E-state index in [4.69, 9.17) is 0 Å². The summed E-state index contributed by atoms with van der Waals surface area (Å²) >= 11 is 0. The number of hydrogen-bond acceptors (Lipinski definition) is 2. The van der Waals surface area contributed by atoms with Crippen LogP contribution in [0.15, 0.2) is 79.0 Å². The lowest BCUT2D eigenvalue weighted by atomic mass is 10.0. The molecule has 0 unspecified atom stereocenters. The number of carbonyl (C=O) groups excluding carboxylic acids is 1. The average Bonchev–Trinajstić information content (AvgIpc) is 3.25. The molecule has 0 aliphatic carbocycles. The Hall–Kier alpha value is -4.10. The van der Waals surface area contributed by atoms with Gasteiger partial charge in [-0.25, -0.2) is 0 Å². The number of carbonyl (C=O) groups is 1. The Morgan fingerprint density at radius 2 is 1.70 bits per heavy atom. The van der Waals surface area contributed by atoms with Crippen molar-refractivity contribution in [3.63, 3.8) is 0 Å². The van der Waals surface area contributed by atoms with Crippen molar-refractivity contribution in [2.45, 2.75) is 6.54 Å². The quantitative estimate of drug-likeness (QED) is 0.459. The summed E-state index contributed by atoms with van der Waals surface area (Å²) in [7, 11) is 1.81. The summed E-state index contributed by atoms with van der Waals surface area (Å²) < 4.78 is 2.15. The van der Waals surface area contributed by atoms with E-state index in [0.717, 1.165) is 33.3 Å². The topological polar surface area (TPSA) is 49.0 Å². The van der Waals surface area contributed by atoms with E-state index in [1.165, 1.54) is 0 Å². The van der Waals surface area contributed by atoms with Crippen LogP contribution < -0.4 is 4.90 Å². The van der Waals surface area contributed by atoms with Crippen LogP contribution >= 0.6 is 0 Å². The fourth-order valence-electron chi connectivity index (χ4n) is 4.17. The predicted octanol–water partition coefficient (Wildman–Crippen LogP) is 5.08. The number of para-hydroxylation sites is 2. The van der Waals surface area contributed by atoms with Crippen molar-refractivity contribution in [1.29, 1.82) is 5.26 Å². The Morgan fingerprint density at radius 1 is 0.967 bits per heavy atom. The first-order valence-electron chi connectivity index (χ1n) is 9.82. The molecule has 2 heterocycles. The minimum absolute atomic E-state index is 0.00265. The highest BCUT2D eigenvalue weighted by atomic mass is 16.2. The van der Waals surface area contributed by atoms with E-state index in [1.54, 1.807) is 4.90 Å². The van der Waals surface area contributed by atoms with Gasteiger partial charge in [0.2, 0.25) is 0 Å². The number of nitriles is 1. The fourth-order valence-corrected chi connectivity index (χ4v) is 4.17. The number of hydrogen-bond donors (Lipinski definition) is 0. The minimum atomic E-state index is 0.00265. The van der Waals surface area contributed by atoms with Gasteiger partial charge in [0.05, 0.1) is 17.3 Å². The smallest absolute Gasteiger partial charge is 0.258 e. The van der Waals surface area contributed by atoms with Gasteiger partial charge in [-0.2, -0.15) is 5.26 Å². The van der Waals surface area contributed by atoms with Crippen molar-refractivity contribution in [2.24, 2.45) is 0 Å². The van der Waals surface area contributed by atoms with Gasteiger partial charge >= 0.3 is 0 Å². The second-order valence-electron chi connectivity index (χ2n) is 7.44. The zero-order valence-electron chi connectivity index (χ0n) is 16.5. The van der Waals surface area contributed by atoms with Crippen molar-refractivity contribution < 1.29 is 4.79 Å². The molecule has 4 heteroatoms. The van der Waals surface area contributed by atoms with Gasteiger partial charge in [-0.3, -0.25) is 4.79 Å². The predicted molar refractivity (Wildman–Crippen MR) is 120 cm³/mol. The zero-order chi connectivity index (χ0) is 20.7. The van der Waals surface area contributed by atoms with Crippen molar-refractivity contribution in [2.75, 3.05) is 11.9 Å². The number of benzene rings is 3. The molecule has 0 radical (unpaired) electrons. The van der Waals surface area contributed by atoms with Crippen molar-refractivity contribution in [3.05, 3.63) is 101 Å². The van der Waals surface area contributed by atoms with E-state index in [9.17, 15) is 10.1 Å². The van der Waals surface area contributed by atoms with E-state index in [-0.39, 0.29) is 5.91 Å². The molecule has 1 aliphatic heterocycles. The number of nitrogens with zero attached hydrogens (tertiary/aromatic N) is 3. The second-order valence-corrected chi connectivity index (χ2v) is 7.44. The van der Waals surface area contributed by atoms with Crippen LogP contribution in [0.5, 0.6) is 0 Å². The molecule has 0 bridgehead atoms. The third-order valence-electron chi connectivity index (χ3n) is 5.69. The Kier molecular flexibility index (Phi) is 4.22. The third-order valence-corrected chi connectivity index (χ3v) is 5.69. The lowest BCUT2D eigenvalue weighted by Crippen LogP contribution is -2.20. The summed E-state index contributed by atoms with van der Waals surface area (Å²) in [6.07, 6.45) is 4.06. The molecule has 3 aromatic carbocycles. The highest BCUT2D eigenvalue weighted by Gasteiger charge is 2.29. The Balaban J connectivity index is 1.65. The van der Waals surface area contributed by atoms with Crippen LogP contribution in [0.25, 0.3) is 22.6 Å². The maximum absolute atomic E-state index is 12.9. The van der Waals surface area contributed by atoms with Crippen molar-refractivity contribution in [1.82, 2.24) is 4.57 Å². The van der Waals surface area contributed by atoms with Gasteiger partial charge in [-0.1, -0.05) is 54.6 Å². The molecule has 4 aromatic rings. The van der Waals surface area contributed by atoms with Gasteiger partial charge < -0.3 is 9.47 Å². The molecule has 5 rings (SSSR count). The lowest BCUT2D eigenvalue weighted by Gasteiger charge is -2.07. The van der Waals surface area contributed by atoms with Gasteiger partial charge in [-0.15, -0.1) is 0 Å². The Bertz CT molecular complexity index is 1370. The molecule has 1 aliphatic rings. The van der Waals surface area contributed by atoms with Gasteiger partial charge in [0, 0.05) is 47.4 Å². The second kappa shape index (κ2) is 7.06. The van der Waals surface area contributed by atoms with Crippen LogP contribution in [0.2, 0.25) is 0 Å². The minimum Gasteiger partial charge on any atom is -0.342 e. The zero-order valence-corrected chi connectivity index (χ0v) is 16.5. The van der Waals surface area contributed by atoms with Crippen LogP contribution in [-0.4, -0.2) is 17.5 Å². The Morgan fingerprint density at radius 3 is 2.57 bits per heavy atom. The summed E-state index contributed by atoms with van der Waals surface area (Å²) in [5.41, 5.74) is 6.31. The van der Waals surface area contributed by atoms with Crippen LogP contribution in [0.4, 0.5) is 5.69 Å². The molecule has 0 spiro atoms. The summed E-state index contributed by atoms with van der Waals surface area (Å²) in [6, 6.07) is 26.0. The Labute approximate surface area is 174 Å². The summed E-state index contributed by atoms with van der Waals surface area (Å²) in [5.74, 6) is 0.00265. The first-order valence-corrected chi connectivity index (χ1v) is 9.82. The van der Waals surface area contributed by atoms with Crippen molar-refractivity contribution >= 4 is 34.1 Å². The summed E-state index contributed by atoms with van der Waals surface area (Å²) in [4.78, 5) is 14.6. The molecule has 0 atom stereocenters. The van der Waals surface area contributed by atoms with Crippen LogP contribution in [0, 0.1) is 11.3 Å². The van der Waals surface area contributed by atoms with E-state index >= 15 is 0 Å². The first-order chi connectivity index (χ1) is 14.7. The van der Waals surface area contributed by atoms with Gasteiger partial charge in [0.1, 0.15) is 0 Å². The van der Waals surface area contributed by atoms with E-state index in [0.29, 0.717) is 17.7 Å². The highest BCUT2D eigenvalue weighted by molar-refractivity contribution is 6.36. The number of rotatable bonds is 3. The molecule has 0 fully saturated rings. The van der Waals surface area contributed by atoms with Gasteiger partial charge in [-0.05, 0) is 29.8 Å². The van der Waals surface area contributed by atoms with Crippen LogP contribution in [-0.2, 0) is 11.3 Å². The summed E-state index contributed by atoms with van der Waals surface area (Å²) in [5, 5.41) is 10.5. The van der Waals surface area contributed by atoms with Gasteiger partial charge in [0.15, 0.2) is 0 Å². The van der Waals surface area contributed by atoms with E-state index < -0.39 is 0 Å². The molecular formula is C26H19N3O. The molecule has 0 saturated carbocycles. The van der Waals surface area contributed by atoms with Crippen molar-refractivity contribution in [3.8, 4) is 6.07 Å². The number of aromatic nitrogens is 1. The van der Waals surface area contributed by atoms with Crippen LogP contribution in [0.3, 0.4) is 0 Å². The molecule has 0 N–H and O–H groups in total. The number of amides is 1. The van der Waals surface area contributed by atoms with Crippen LogP contribution in [0.1, 0.15) is 22.3 Å². The molecule has 0 saturated heterocycles. The highest BCUT2D eigenvalue weighted by Crippen LogP contribution is 2.37. The first kappa shape index (κ1) is 18.0. The number of fused-ring (bicyclic) bond motifs is 2. The monoisotopic (exact) mass is 389 g/mol. The standard InChI is InChI=1S/C26H19N3O/c1-28-24-12-6-5-11-22(24)23(26(28)30)14-20-17-29(25-13-7-4-10-21(20)25)16-19-9-3-2-8-18(19)15-27/h2-14,17H,16H2,1H3/b23-14+. The molecule has 1 aromatic heterocycles. The fraction of sp³-hybridized carbons (Fsp3) is 0.0769. The lowest BCUT2D eigenvalue weighted by molar-refractivity contribution is -0.112. The largest absolute Gasteiger partial charge is 0.342 e. The summed E-state index contributed by atoms with van der Waals surface area (Å²) in [6.45, 7) is 0.595. The van der Waals surface area contributed by atoms with E-state index in [1.807, 2.05) is 73.8 Å². The molecule has 4 nitrogen and oxygen atoms in total. The maximum Gasteiger partial charge on any atom is 0.258 e. The molecule has 144 valence electrons. The maximum atomic E-state index is 12.9. The molecule has 1 amide bonds. The number of likely N-dealkylation sites (N-methyl/N-ethyl adjacent to an activating group) is 1. The SMILES string of the molecule is CN1C(=O)/C(=C/c2cn(Cc3ccccc3C#N)c3ccccc23)c2ccccc21. The van der Waals surface area contributed by atoms with E-state index in [2.05, 4.69) is 29.0 Å². The number of anilines is 1. The third kappa shape index (κ3) is 2.80. The average molecular weight is 389 g/mol.